The van der Waals surface area contributed by atoms with Gasteiger partial charge in [0.15, 0.2) is 11.5 Å². The molecule has 3 aromatic heterocycles. The van der Waals surface area contributed by atoms with Crippen LogP contribution in [0.1, 0.15) is 41.6 Å². The van der Waals surface area contributed by atoms with E-state index < -0.39 is 18.1 Å². The number of hydrogen-bond donors (Lipinski definition) is 3. The molecule has 0 radical (unpaired) electrons. The molecule has 10 heteroatoms. The number of aromatic nitrogens is 5. The van der Waals surface area contributed by atoms with Crippen molar-refractivity contribution in [2.24, 2.45) is 0 Å². The zero-order valence-electron chi connectivity index (χ0n) is 20.1. The summed E-state index contributed by atoms with van der Waals surface area (Å²) in [5, 5.41) is 17.0. The van der Waals surface area contributed by atoms with Crippen molar-refractivity contribution in [3.63, 3.8) is 0 Å². The topological polar surface area (TPSA) is 140 Å². The molecule has 2 atom stereocenters. The van der Waals surface area contributed by atoms with E-state index in [1.165, 1.54) is 9.08 Å². The molecule has 0 bridgehead atoms. The van der Waals surface area contributed by atoms with Gasteiger partial charge in [0.25, 0.3) is 11.5 Å². The van der Waals surface area contributed by atoms with Crippen LogP contribution in [0.15, 0.2) is 71.8 Å². The Morgan fingerprint density at radius 2 is 1.89 bits per heavy atom. The fraction of sp³-hybridized carbons (Fsp3) is 0.148. The van der Waals surface area contributed by atoms with Crippen molar-refractivity contribution in [3.05, 3.63) is 94.3 Å². The quantitative estimate of drug-likeness (QED) is 0.326. The van der Waals surface area contributed by atoms with Crippen molar-refractivity contribution >= 4 is 28.3 Å². The summed E-state index contributed by atoms with van der Waals surface area (Å²) in [7, 11) is 0. The second-order valence-electron chi connectivity index (χ2n) is 8.43. The van der Waals surface area contributed by atoms with Crippen molar-refractivity contribution in [2.45, 2.75) is 26.0 Å². The Morgan fingerprint density at radius 3 is 2.65 bits per heavy atom. The van der Waals surface area contributed by atoms with E-state index in [0.29, 0.717) is 33.6 Å². The second-order valence-corrected chi connectivity index (χ2v) is 8.43. The number of benzene rings is 2. The third-order valence-electron chi connectivity index (χ3n) is 5.74. The van der Waals surface area contributed by atoms with Gasteiger partial charge >= 0.3 is 0 Å². The van der Waals surface area contributed by atoms with E-state index in [0.717, 1.165) is 0 Å². The highest BCUT2D eigenvalue weighted by Crippen LogP contribution is 2.22. The minimum atomic E-state index is -0.851. The van der Waals surface area contributed by atoms with Gasteiger partial charge in [0, 0.05) is 18.0 Å². The van der Waals surface area contributed by atoms with E-state index >= 15 is 0 Å². The molecule has 0 fully saturated rings. The lowest BCUT2D eigenvalue weighted by atomic mass is 10.1. The molecule has 0 spiro atoms. The second kappa shape index (κ2) is 9.56. The van der Waals surface area contributed by atoms with Gasteiger partial charge in [0.1, 0.15) is 17.5 Å². The average Bonchev–Trinajstić information content (AvgIpc) is 3.23. The minimum absolute atomic E-state index is 0.0386. The van der Waals surface area contributed by atoms with Gasteiger partial charge in [0.2, 0.25) is 0 Å². The number of nitrogens with zero attached hydrogens (tertiary/aromatic N) is 5. The normalized spacial score (nSPS) is 12.6. The number of amides is 1. The molecule has 3 heterocycles. The highest BCUT2D eigenvalue weighted by molar-refractivity contribution is 6.04. The largest absolute Gasteiger partial charge is 0.381 e. The number of rotatable bonds is 4. The molecule has 5 aromatic rings. The third kappa shape index (κ3) is 4.39. The predicted molar refractivity (Wildman–Crippen MR) is 139 cm³/mol. The van der Waals surface area contributed by atoms with Gasteiger partial charge in [-0.25, -0.2) is 14.5 Å². The number of carbonyl (C=O) groups is 1. The molecule has 37 heavy (non-hydrogen) atoms. The van der Waals surface area contributed by atoms with Gasteiger partial charge in [-0.05, 0) is 44.2 Å². The van der Waals surface area contributed by atoms with Crippen LogP contribution in [0.2, 0.25) is 0 Å². The molecule has 1 amide bonds. The van der Waals surface area contributed by atoms with E-state index in [4.69, 9.17) is 10.7 Å². The highest BCUT2D eigenvalue weighted by atomic mass is 16.3. The van der Waals surface area contributed by atoms with Crippen LogP contribution in [0.4, 0.5) is 5.82 Å². The summed E-state index contributed by atoms with van der Waals surface area (Å²) in [4.78, 5) is 36.2. The maximum atomic E-state index is 13.9. The van der Waals surface area contributed by atoms with E-state index in [2.05, 4.69) is 27.2 Å². The van der Waals surface area contributed by atoms with Crippen LogP contribution < -0.4 is 16.6 Å². The van der Waals surface area contributed by atoms with E-state index in [1.807, 2.05) is 18.2 Å². The van der Waals surface area contributed by atoms with E-state index in [9.17, 15) is 14.7 Å². The first-order valence-electron chi connectivity index (χ1n) is 11.6. The molecular weight excluding hydrogens is 470 g/mol. The predicted octanol–water partition coefficient (Wildman–Crippen LogP) is 2.23. The molecule has 0 aliphatic carbocycles. The van der Waals surface area contributed by atoms with Gasteiger partial charge in [0.05, 0.1) is 22.6 Å². The number of nitrogens with two attached hydrogens (primary N) is 1. The molecular formula is C27H23N7O3. The van der Waals surface area contributed by atoms with Crippen LogP contribution in [-0.4, -0.2) is 41.3 Å². The maximum Gasteiger partial charge on any atom is 0.267 e. The molecule has 2 unspecified atom stereocenters. The van der Waals surface area contributed by atoms with Crippen LogP contribution in [-0.2, 0) is 0 Å². The summed E-state index contributed by atoms with van der Waals surface area (Å²) in [6, 6.07) is 15.2. The molecule has 0 aliphatic rings. The van der Waals surface area contributed by atoms with Crippen molar-refractivity contribution in [2.75, 3.05) is 5.73 Å². The Hall–Kier alpha value is -5.01. The number of anilines is 1. The van der Waals surface area contributed by atoms with Crippen LogP contribution in [0.5, 0.6) is 0 Å². The lowest BCUT2D eigenvalue weighted by molar-refractivity contribution is 0.0940. The number of nitrogens with one attached hydrogen (secondary N) is 1. The zero-order chi connectivity index (χ0) is 26.1. The minimum Gasteiger partial charge on any atom is -0.381 e. The van der Waals surface area contributed by atoms with Crippen LogP contribution in [0.25, 0.3) is 22.2 Å². The lowest BCUT2D eigenvalue weighted by Crippen LogP contribution is -2.33. The number of hydrogen-bond acceptors (Lipinski definition) is 7. The highest BCUT2D eigenvalue weighted by Gasteiger charge is 2.24. The Morgan fingerprint density at radius 1 is 1.11 bits per heavy atom. The van der Waals surface area contributed by atoms with E-state index in [1.54, 1.807) is 62.6 Å². The number of fused-ring (bicyclic) bond motifs is 2. The van der Waals surface area contributed by atoms with Crippen molar-refractivity contribution in [1.82, 2.24) is 29.5 Å². The van der Waals surface area contributed by atoms with Gasteiger partial charge in [-0.2, -0.15) is 0 Å². The van der Waals surface area contributed by atoms with Crippen LogP contribution in [0.3, 0.4) is 0 Å². The van der Waals surface area contributed by atoms with Gasteiger partial charge in [-0.15, -0.1) is 5.10 Å². The summed E-state index contributed by atoms with van der Waals surface area (Å²) < 4.78 is 2.89. The average molecular weight is 494 g/mol. The van der Waals surface area contributed by atoms with E-state index in [-0.39, 0.29) is 16.9 Å². The van der Waals surface area contributed by atoms with Crippen molar-refractivity contribution in [3.8, 4) is 17.5 Å². The first-order valence-corrected chi connectivity index (χ1v) is 11.6. The molecule has 5 rings (SSSR count). The summed E-state index contributed by atoms with van der Waals surface area (Å²) >= 11 is 0. The standard InChI is InChI=1S/C27H23N7O3/c1-16(35)12-13-18-8-6-11-20-21(18)27(37)34(19-9-4-3-5-10-19)24(31-20)17(2)30-26(36)22-23(28)32-33-15-7-14-29-25(22)33/h3-11,14-17,35H,1-2H3,(H2,28,32)(H,30,36). The maximum absolute atomic E-state index is 13.9. The Labute approximate surface area is 211 Å². The first-order chi connectivity index (χ1) is 17.8. The summed E-state index contributed by atoms with van der Waals surface area (Å²) in [6.45, 7) is 3.28. The number of aliphatic hydroxyl groups is 1. The summed E-state index contributed by atoms with van der Waals surface area (Å²) in [5.41, 5.74) is 7.58. The summed E-state index contributed by atoms with van der Waals surface area (Å²) in [6.07, 6.45) is 2.34. The fourth-order valence-electron chi connectivity index (χ4n) is 4.11. The fourth-order valence-corrected chi connectivity index (χ4v) is 4.11. The Kier molecular flexibility index (Phi) is 6.13. The lowest BCUT2D eigenvalue weighted by Gasteiger charge is -2.20. The third-order valence-corrected chi connectivity index (χ3v) is 5.74. The molecule has 4 N–H and O–H groups in total. The molecule has 0 saturated heterocycles. The van der Waals surface area contributed by atoms with Crippen LogP contribution in [0, 0.1) is 11.8 Å². The van der Waals surface area contributed by atoms with Crippen molar-refractivity contribution in [1.29, 1.82) is 0 Å². The molecule has 184 valence electrons. The monoisotopic (exact) mass is 493 g/mol. The zero-order valence-corrected chi connectivity index (χ0v) is 20.1. The van der Waals surface area contributed by atoms with Crippen LogP contribution >= 0.6 is 0 Å². The smallest absolute Gasteiger partial charge is 0.267 e. The number of nitrogen functional groups attached to an aromatic ring is 1. The van der Waals surface area contributed by atoms with Crippen molar-refractivity contribution < 1.29 is 9.90 Å². The molecule has 0 aliphatic heterocycles. The van der Waals surface area contributed by atoms with Gasteiger partial charge < -0.3 is 16.2 Å². The first kappa shape index (κ1) is 23.7. The molecule has 0 saturated carbocycles. The number of para-hydroxylation sites is 1. The Bertz CT molecular complexity index is 1760. The Balaban J connectivity index is 1.66. The molecule has 2 aromatic carbocycles. The summed E-state index contributed by atoms with van der Waals surface area (Å²) in [5.74, 6) is 5.42. The number of carbonyl (C=O) groups excluding carboxylic acids is 1. The number of aliphatic hydroxyl groups excluding tert-OH is 1. The molecule has 10 nitrogen and oxygen atoms in total. The SMILES string of the molecule is CC(O)C#Cc1cccc2nc(C(C)NC(=O)c3c(N)nn4cccnc34)n(-c3ccccc3)c(=O)c12. The van der Waals surface area contributed by atoms with Gasteiger partial charge in [-0.1, -0.05) is 36.1 Å². The van der Waals surface area contributed by atoms with Gasteiger partial charge in [-0.3, -0.25) is 14.2 Å².